The summed E-state index contributed by atoms with van der Waals surface area (Å²) in [5, 5.41) is 0. The summed E-state index contributed by atoms with van der Waals surface area (Å²) in [6.45, 7) is 3.14. The number of esters is 1. The van der Waals surface area contributed by atoms with E-state index in [9.17, 15) is 9.18 Å². The predicted octanol–water partition coefficient (Wildman–Crippen LogP) is 3.38. The highest BCUT2D eigenvalue weighted by molar-refractivity contribution is 5.69. The molecular formula is C17H22FNO2. The molecule has 0 radical (unpaired) electrons. The monoisotopic (exact) mass is 291 g/mol. The molecule has 4 heteroatoms. The van der Waals surface area contributed by atoms with Gasteiger partial charge in [-0.2, -0.15) is 0 Å². The summed E-state index contributed by atoms with van der Waals surface area (Å²) in [7, 11) is 0. The lowest BCUT2D eigenvalue weighted by Gasteiger charge is -2.28. The summed E-state index contributed by atoms with van der Waals surface area (Å²) < 4.78 is 19.1. The van der Waals surface area contributed by atoms with Crippen molar-refractivity contribution in [3.63, 3.8) is 0 Å². The quantitative estimate of drug-likeness (QED) is 0.796. The molecule has 1 aliphatic carbocycles. The molecule has 21 heavy (non-hydrogen) atoms. The van der Waals surface area contributed by atoms with Crippen LogP contribution in [0.5, 0.6) is 0 Å². The van der Waals surface area contributed by atoms with Crippen LogP contribution in [0, 0.1) is 17.7 Å². The van der Waals surface area contributed by atoms with Crippen molar-refractivity contribution >= 4 is 11.7 Å². The third kappa shape index (κ3) is 2.89. The van der Waals surface area contributed by atoms with Crippen LogP contribution in [0.15, 0.2) is 24.3 Å². The molecule has 1 aromatic rings. The maximum absolute atomic E-state index is 14.0. The van der Waals surface area contributed by atoms with E-state index < -0.39 is 0 Å². The number of fused-ring (bicyclic) bond motifs is 2. The van der Waals surface area contributed by atoms with Crippen LogP contribution < -0.4 is 4.90 Å². The van der Waals surface area contributed by atoms with Crippen molar-refractivity contribution in [1.82, 2.24) is 0 Å². The molecule has 2 aliphatic rings. The van der Waals surface area contributed by atoms with E-state index in [2.05, 4.69) is 4.90 Å². The molecule has 0 amide bonds. The number of para-hydroxylation sites is 1. The van der Waals surface area contributed by atoms with Gasteiger partial charge in [-0.3, -0.25) is 4.79 Å². The van der Waals surface area contributed by atoms with E-state index >= 15 is 0 Å². The van der Waals surface area contributed by atoms with E-state index in [4.69, 9.17) is 4.74 Å². The average Bonchev–Trinajstić information content (AvgIpc) is 2.81. The smallest absolute Gasteiger partial charge is 0.306 e. The zero-order chi connectivity index (χ0) is 14.8. The third-order valence-corrected chi connectivity index (χ3v) is 4.88. The number of halogens is 1. The van der Waals surface area contributed by atoms with Gasteiger partial charge in [-0.15, -0.1) is 0 Å². The van der Waals surface area contributed by atoms with Gasteiger partial charge in [-0.1, -0.05) is 12.1 Å². The number of nitrogens with zero attached hydrogens (tertiary/aromatic N) is 1. The molecule has 3 rings (SSSR count). The van der Waals surface area contributed by atoms with E-state index in [1.807, 2.05) is 19.1 Å². The summed E-state index contributed by atoms with van der Waals surface area (Å²) in [6.07, 6.45) is 3.66. The summed E-state index contributed by atoms with van der Waals surface area (Å²) in [5.41, 5.74) is 0.710. The topological polar surface area (TPSA) is 29.5 Å². The second-order valence-corrected chi connectivity index (χ2v) is 6.10. The zero-order valence-electron chi connectivity index (χ0n) is 12.4. The second kappa shape index (κ2) is 6.04. The predicted molar refractivity (Wildman–Crippen MR) is 79.6 cm³/mol. The summed E-state index contributed by atoms with van der Waals surface area (Å²) in [6, 6.07) is 7.41. The number of carbonyl (C=O) groups excluding carboxylic acids is 1. The lowest BCUT2D eigenvalue weighted by molar-refractivity contribution is -0.144. The Morgan fingerprint density at radius 2 is 2.19 bits per heavy atom. The van der Waals surface area contributed by atoms with Crippen molar-refractivity contribution in [2.24, 2.45) is 11.8 Å². The molecule has 3 nitrogen and oxygen atoms in total. The highest BCUT2D eigenvalue weighted by Crippen LogP contribution is 2.43. The Hall–Kier alpha value is -1.58. The highest BCUT2D eigenvalue weighted by Gasteiger charge is 2.42. The maximum atomic E-state index is 14.0. The van der Waals surface area contributed by atoms with Gasteiger partial charge in [0.05, 0.1) is 12.3 Å². The van der Waals surface area contributed by atoms with Crippen LogP contribution in [0.1, 0.15) is 32.6 Å². The van der Waals surface area contributed by atoms with E-state index in [0.29, 0.717) is 36.6 Å². The van der Waals surface area contributed by atoms with Crippen LogP contribution in [0.3, 0.4) is 0 Å². The first-order valence-corrected chi connectivity index (χ1v) is 7.85. The third-order valence-electron chi connectivity index (χ3n) is 4.88. The Bertz CT molecular complexity index is 519. The Labute approximate surface area is 125 Å². The fourth-order valence-corrected chi connectivity index (χ4v) is 3.89. The van der Waals surface area contributed by atoms with Crippen molar-refractivity contribution in [3.05, 3.63) is 30.1 Å². The van der Waals surface area contributed by atoms with E-state index in [1.165, 1.54) is 6.07 Å². The number of anilines is 1. The minimum atomic E-state index is -0.146. The number of hydrogen-bond acceptors (Lipinski definition) is 3. The molecule has 1 aromatic carbocycles. The van der Waals surface area contributed by atoms with Gasteiger partial charge < -0.3 is 9.64 Å². The van der Waals surface area contributed by atoms with Gasteiger partial charge >= 0.3 is 5.97 Å². The van der Waals surface area contributed by atoms with Gasteiger partial charge in [0.2, 0.25) is 0 Å². The number of hydrogen-bond donors (Lipinski definition) is 0. The molecule has 0 spiro atoms. The fourth-order valence-electron chi connectivity index (χ4n) is 3.89. The molecule has 0 N–H and O–H groups in total. The molecule has 1 heterocycles. The van der Waals surface area contributed by atoms with Gasteiger partial charge in [0.1, 0.15) is 5.82 Å². The molecule has 3 unspecified atom stereocenters. The van der Waals surface area contributed by atoms with Crippen LogP contribution in [-0.2, 0) is 9.53 Å². The van der Waals surface area contributed by atoms with Crippen molar-refractivity contribution in [1.29, 1.82) is 0 Å². The van der Waals surface area contributed by atoms with Gasteiger partial charge in [-0.25, -0.2) is 4.39 Å². The number of ether oxygens (including phenoxy) is 1. The molecule has 1 aliphatic heterocycles. The number of benzene rings is 1. The molecule has 1 saturated heterocycles. The van der Waals surface area contributed by atoms with Crippen LogP contribution in [0.2, 0.25) is 0 Å². The molecule has 1 saturated carbocycles. The van der Waals surface area contributed by atoms with Gasteiger partial charge in [-0.05, 0) is 50.2 Å². The van der Waals surface area contributed by atoms with Crippen LogP contribution >= 0.6 is 0 Å². The first-order valence-electron chi connectivity index (χ1n) is 7.85. The Kier molecular flexibility index (Phi) is 4.13. The van der Waals surface area contributed by atoms with Crippen molar-refractivity contribution in [3.8, 4) is 0 Å². The SMILES string of the molecule is CCOC(=O)CC1CCC2CC1CN2c1ccccc1F. The first kappa shape index (κ1) is 14.4. The summed E-state index contributed by atoms with van der Waals surface area (Å²) in [5.74, 6) is 0.627. The standard InChI is InChI=1S/C17H22FNO2/c1-2-21-17(20)10-12-7-8-14-9-13(12)11-19(14)16-6-4-3-5-15(16)18/h3-6,12-14H,2,7-11H2,1H3. The van der Waals surface area contributed by atoms with Gasteiger partial charge in [0.25, 0.3) is 0 Å². The zero-order valence-corrected chi connectivity index (χ0v) is 12.4. The Morgan fingerprint density at radius 3 is 2.95 bits per heavy atom. The van der Waals surface area contributed by atoms with Crippen molar-refractivity contribution < 1.29 is 13.9 Å². The van der Waals surface area contributed by atoms with Gasteiger partial charge in [0, 0.05) is 19.0 Å². The molecule has 0 aromatic heterocycles. The van der Waals surface area contributed by atoms with Crippen molar-refractivity contribution in [2.75, 3.05) is 18.1 Å². The fraction of sp³-hybridized carbons (Fsp3) is 0.588. The number of carbonyl (C=O) groups is 1. The van der Waals surface area contributed by atoms with Crippen LogP contribution in [-0.4, -0.2) is 25.2 Å². The largest absolute Gasteiger partial charge is 0.466 e. The Morgan fingerprint density at radius 1 is 1.38 bits per heavy atom. The highest BCUT2D eigenvalue weighted by atomic mass is 19.1. The Balaban J connectivity index is 1.69. The normalized spacial score (nSPS) is 27.7. The lowest BCUT2D eigenvalue weighted by Crippen LogP contribution is -2.29. The molecular weight excluding hydrogens is 269 g/mol. The van der Waals surface area contributed by atoms with E-state index in [-0.39, 0.29) is 11.8 Å². The average molecular weight is 291 g/mol. The summed E-state index contributed by atoms with van der Waals surface area (Å²) in [4.78, 5) is 13.9. The molecule has 114 valence electrons. The maximum Gasteiger partial charge on any atom is 0.306 e. The van der Waals surface area contributed by atoms with Gasteiger partial charge in [0.15, 0.2) is 0 Å². The summed E-state index contributed by atoms with van der Waals surface area (Å²) >= 11 is 0. The number of rotatable bonds is 4. The minimum absolute atomic E-state index is 0.0923. The van der Waals surface area contributed by atoms with Crippen LogP contribution in [0.25, 0.3) is 0 Å². The first-order chi connectivity index (χ1) is 10.2. The molecule has 2 bridgehead atoms. The lowest BCUT2D eigenvalue weighted by atomic mass is 9.78. The van der Waals surface area contributed by atoms with Crippen LogP contribution in [0.4, 0.5) is 10.1 Å². The second-order valence-electron chi connectivity index (χ2n) is 6.10. The molecule has 3 atom stereocenters. The van der Waals surface area contributed by atoms with Crippen molar-refractivity contribution in [2.45, 2.75) is 38.6 Å². The van der Waals surface area contributed by atoms with E-state index in [1.54, 1.807) is 6.07 Å². The minimum Gasteiger partial charge on any atom is -0.466 e. The molecule has 2 fully saturated rings. The van der Waals surface area contributed by atoms with E-state index in [0.717, 1.165) is 25.8 Å².